The van der Waals surface area contributed by atoms with E-state index in [9.17, 15) is 0 Å². The van der Waals surface area contributed by atoms with Crippen LogP contribution in [0.15, 0.2) is 12.3 Å². The lowest BCUT2D eigenvalue weighted by Crippen LogP contribution is -1.96. The molecule has 8 nitrogen and oxygen atoms in total. The van der Waals surface area contributed by atoms with Gasteiger partial charge in [0.15, 0.2) is 0 Å². The number of nitrogens with zero attached hydrogens (tertiary/aromatic N) is 3. The van der Waals surface area contributed by atoms with Gasteiger partial charge in [-0.1, -0.05) is 0 Å². The van der Waals surface area contributed by atoms with Gasteiger partial charge in [0.1, 0.15) is 5.82 Å². The van der Waals surface area contributed by atoms with Crippen molar-refractivity contribution in [3.8, 4) is 0 Å². The van der Waals surface area contributed by atoms with Crippen molar-refractivity contribution in [2.24, 2.45) is 0 Å². The summed E-state index contributed by atoms with van der Waals surface area (Å²) in [7, 11) is 0. The Morgan fingerprint density at radius 1 is 1.58 bits per heavy atom. The number of rotatable bonds is 0. The normalized spacial score (nSPS) is 8.00. The van der Waals surface area contributed by atoms with Gasteiger partial charge in [-0.15, -0.1) is 10.1 Å². The molecule has 0 saturated heterocycles. The highest BCUT2D eigenvalue weighted by Crippen LogP contribution is 1.94. The van der Waals surface area contributed by atoms with Gasteiger partial charge in [-0.25, -0.2) is 4.98 Å². The van der Waals surface area contributed by atoms with Gasteiger partial charge in [0.05, 0.1) is 0 Å². The van der Waals surface area contributed by atoms with Crippen molar-refractivity contribution in [2.75, 3.05) is 11.5 Å². The van der Waals surface area contributed by atoms with E-state index in [1.807, 2.05) is 0 Å². The van der Waals surface area contributed by atoms with E-state index in [0.29, 0.717) is 5.82 Å². The highest BCUT2D eigenvalue weighted by molar-refractivity contribution is 5.31. The van der Waals surface area contributed by atoms with Crippen LogP contribution in [0.1, 0.15) is 0 Å². The Kier molecular flexibility index (Phi) is 3.84. The van der Waals surface area contributed by atoms with E-state index in [1.165, 1.54) is 6.20 Å². The summed E-state index contributed by atoms with van der Waals surface area (Å²) in [6.45, 7) is 0. The molecule has 0 atom stereocenters. The van der Waals surface area contributed by atoms with Crippen molar-refractivity contribution in [1.82, 2.24) is 9.97 Å². The maximum Gasteiger partial charge on any atom is 0.291 e. The molecule has 0 spiro atoms. The highest BCUT2D eigenvalue weighted by Gasteiger charge is 1.84. The van der Waals surface area contributed by atoms with Crippen LogP contribution in [0.25, 0.3) is 0 Å². The SMILES string of the molecule is Nc1ccnc(N)n1.O=[N+]([O-])O. The molecule has 0 aliphatic carbocycles. The first-order valence-electron chi connectivity index (χ1n) is 2.69. The quantitative estimate of drug-likeness (QED) is 0.347. The van der Waals surface area contributed by atoms with Crippen LogP contribution in [0.4, 0.5) is 11.8 Å². The van der Waals surface area contributed by atoms with Gasteiger partial charge in [-0.05, 0) is 6.07 Å². The second-order valence-electron chi connectivity index (χ2n) is 1.58. The maximum atomic E-state index is 8.36. The summed E-state index contributed by atoms with van der Waals surface area (Å²) < 4.78 is 0. The van der Waals surface area contributed by atoms with Gasteiger partial charge < -0.3 is 16.7 Å². The molecule has 8 heteroatoms. The second-order valence-corrected chi connectivity index (χ2v) is 1.58. The fraction of sp³-hybridized carbons (Fsp3) is 0. The summed E-state index contributed by atoms with van der Waals surface area (Å²) in [5.41, 5.74) is 10.4. The van der Waals surface area contributed by atoms with E-state index < -0.39 is 5.09 Å². The summed E-state index contributed by atoms with van der Waals surface area (Å²) in [5.74, 6) is 0.613. The van der Waals surface area contributed by atoms with Gasteiger partial charge >= 0.3 is 0 Å². The van der Waals surface area contributed by atoms with E-state index in [-0.39, 0.29) is 5.95 Å². The molecule has 0 radical (unpaired) electrons. The Balaban J connectivity index is 0.000000261. The van der Waals surface area contributed by atoms with E-state index in [2.05, 4.69) is 9.97 Å². The van der Waals surface area contributed by atoms with E-state index in [4.69, 9.17) is 26.8 Å². The smallest absolute Gasteiger partial charge is 0.291 e. The van der Waals surface area contributed by atoms with Crippen LogP contribution in [-0.2, 0) is 0 Å². The van der Waals surface area contributed by atoms with Crippen LogP contribution in [0.2, 0.25) is 0 Å². The molecule has 0 amide bonds. The fourth-order valence-electron chi connectivity index (χ4n) is 0.388. The molecule has 0 bridgehead atoms. The average molecular weight is 173 g/mol. The summed E-state index contributed by atoms with van der Waals surface area (Å²) in [5, 5.41) is 13.6. The standard InChI is InChI=1S/C4H6N4.HNO3/c5-3-1-2-7-4(6)8-3;2-1(3)4/h1-2H,(H4,5,6,7,8);(H,2,3,4). The van der Waals surface area contributed by atoms with Gasteiger partial charge in [0.2, 0.25) is 5.95 Å². The summed E-state index contributed by atoms with van der Waals surface area (Å²) >= 11 is 0. The van der Waals surface area contributed by atoms with Gasteiger partial charge in [0, 0.05) is 6.20 Å². The van der Waals surface area contributed by atoms with Crippen molar-refractivity contribution in [2.45, 2.75) is 0 Å². The number of nitrogens with two attached hydrogens (primary N) is 2. The topological polar surface area (TPSA) is 141 Å². The predicted molar refractivity (Wildman–Crippen MR) is 39.6 cm³/mol. The Labute approximate surface area is 67.0 Å². The summed E-state index contributed by atoms with van der Waals surface area (Å²) in [4.78, 5) is 15.6. The van der Waals surface area contributed by atoms with Crippen molar-refractivity contribution in [1.29, 1.82) is 0 Å². The van der Waals surface area contributed by atoms with Crippen molar-refractivity contribution < 1.29 is 10.3 Å². The highest BCUT2D eigenvalue weighted by atomic mass is 16.9. The number of hydrogen-bond acceptors (Lipinski definition) is 6. The molecule has 1 heterocycles. The number of hydrogen-bond donors (Lipinski definition) is 3. The Morgan fingerprint density at radius 3 is 2.33 bits per heavy atom. The molecular weight excluding hydrogens is 166 g/mol. The molecule has 1 aromatic heterocycles. The molecule has 0 aliphatic rings. The maximum absolute atomic E-state index is 8.36. The van der Waals surface area contributed by atoms with Gasteiger partial charge in [0.25, 0.3) is 5.09 Å². The minimum atomic E-state index is -1.50. The Morgan fingerprint density at radius 2 is 2.08 bits per heavy atom. The largest absolute Gasteiger partial charge is 0.384 e. The number of nitrogen functional groups attached to an aromatic ring is 2. The number of anilines is 2. The number of aromatic nitrogens is 2. The molecule has 0 fully saturated rings. The van der Waals surface area contributed by atoms with Crippen LogP contribution >= 0.6 is 0 Å². The molecule has 12 heavy (non-hydrogen) atoms. The first-order valence-corrected chi connectivity index (χ1v) is 2.69. The van der Waals surface area contributed by atoms with E-state index in [1.54, 1.807) is 6.07 Å². The van der Waals surface area contributed by atoms with Crippen LogP contribution in [0, 0.1) is 10.1 Å². The minimum absolute atomic E-state index is 0.213. The van der Waals surface area contributed by atoms with Crippen LogP contribution < -0.4 is 11.5 Å². The zero-order valence-corrected chi connectivity index (χ0v) is 5.91. The first-order chi connectivity index (χ1) is 5.52. The fourth-order valence-corrected chi connectivity index (χ4v) is 0.388. The van der Waals surface area contributed by atoms with Crippen molar-refractivity contribution >= 4 is 11.8 Å². The molecule has 0 saturated carbocycles. The lowest BCUT2D eigenvalue weighted by Gasteiger charge is -1.89. The molecular formula is C4H7N5O3. The molecule has 0 aromatic carbocycles. The van der Waals surface area contributed by atoms with Crippen LogP contribution in [0.3, 0.4) is 0 Å². The zero-order chi connectivity index (χ0) is 9.56. The molecule has 1 aromatic rings. The predicted octanol–water partition coefficient (Wildman–Crippen LogP) is -0.707. The molecule has 66 valence electrons. The Bertz CT molecular complexity index is 243. The third kappa shape index (κ3) is 6.01. The van der Waals surface area contributed by atoms with Crippen molar-refractivity contribution in [3.63, 3.8) is 0 Å². The van der Waals surface area contributed by atoms with Crippen molar-refractivity contribution in [3.05, 3.63) is 22.4 Å². The van der Waals surface area contributed by atoms with Gasteiger partial charge in [-0.2, -0.15) is 4.98 Å². The molecule has 5 N–H and O–H groups in total. The molecule has 1 rings (SSSR count). The third-order valence-electron chi connectivity index (χ3n) is 0.696. The van der Waals surface area contributed by atoms with Crippen LogP contribution in [0.5, 0.6) is 0 Å². The van der Waals surface area contributed by atoms with Gasteiger partial charge in [-0.3, -0.25) is 0 Å². The second kappa shape index (κ2) is 4.66. The lowest BCUT2D eigenvalue weighted by atomic mass is 10.6. The lowest BCUT2D eigenvalue weighted by molar-refractivity contribution is -0.742. The summed E-state index contributed by atoms with van der Waals surface area (Å²) in [6, 6.07) is 1.58. The van der Waals surface area contributed by atoms with E-state index >= 15 is 0 Å². The minimum Gasteiger partial charge on any atom is -0.384 e. The summed E-state index contributed by atoms with van der Waals surface area (Å²) in [6.07, 6.45) is 1.51. The Hall–Kier alpha value is -2.12. The monoisotopic (exact) mass is 173 g/mol. The van der Waals surface area contributed by atoms with E-state index in [0.717, 1.165) is 0 Å². The zero-order valence-electron chi connectivity index (χ0n) is 5.91. The molecule has 0 aliphatic heterocycles. The molecule has 0 unspecified atom stereocenters. The first kappa shape index (κ1) is 9.88. The third-order valence-corrected chi connectivity index (χ3v) is 0.696. The van der Waals surface area contributed by atoms with Crippen LogP contribution in [-0.4, -0.2) is 20.3 Å². The average Bonchev–Trinajstić information content (AvgIpc) is 1.84.